The molecule has 92 valence electrons. The molecule has 0 fully saturated rings. The van der Waals surface area contributed by atoms with Crippen LogP contribution in [-0.2, 0) is 0 Å². The summed E-state index contributed by atoms with van der Waals surface area (Å²) in [5, 5.41) is 0. The van der Waals surface area contributed by atoms with Crippen molar-refractivity contribution in [1.82, 2.24) is 4.90 Å². The van der Waals surface area contributed by atoms with Crippen molar-refractivity contribution >= 4 is 11.6 Å². The third kappa shape index (κ3) is 3.31. The maximum Gasteiger partial charge on any atom is 0.256 e. The summed E-state index contributed by atoms with van der Waals surface area (Å²) in [6.45, 7) is 6.60. The SMILES string of the molecule is C=CCN(CCC)C(=O)c1cc(F)ccc1N. The average molecular weight is 236 g/mol. The molecule has 0 radical (unpaired) electrons. The van der Waals surface area contributed by atoms with Crippen LogP contribution in [0.1, 0.15) is 23.7 Å². The van der Waals surface area contributed by atoms with Crippen LogP contribution >= 0.6 is 0 Å². The van der Waals surface area contributed by atoms with Crippen molar-refractivity contribution in [2.75, 3.05) is 18.8 Å². The van der Waals surface area contributed by atoms with Crippen LogP contribution in [0.3, 0.4) is 0 Å². The van der Waals surface area contributed by atoms with E-state index in [1.54, 1.807) is 11.0 Å². The minimum Gasteiger partial charge on any atom is -0.398 e. The number of carbonyl (C=O) groups excluding carboxylic acids is 1. The predicted octanol–water partition coefficient (Wildman–Crippen LogP) is 2.45. The summed E-state index contributed by atoms with van der Waals surface area (Å²) >= 11 is 0. The molecule has 0 saturated heterocycles. The van der Waals surface area contributed by atoms with Gasteiger partial charge in [-0.1, -0.05) is 13.0 Å². The van der Waals surface area contributed by atoms with E-state index in [0.717, 1.165) is 6.42 Å². The number of nitrogens with zero attached hydrogens (tertiary/aromatic N) is 1. The second-order valence-corrected chi connectivity index (χ2v) is 3.77. The monoisotopic (exact) mass is 236 g/mol. The van der Waals surface area contributed by atoms with Gasteiger partial charge >= 0.3 is 0 Å². The van der Waals surface area contributed by atoms with Gasteiger partial charge in [0, 0.05) is 18.8 Å². The van der Waals surface area contributed by atoms with E-state index in [4.69, 9.17) is 5.73 Å². The number of anilines is 1. The number of rotatable bonds is 5. The Hall–Kier alpha value is -1.84. The molecule has 0 saturated carbocycles. The number of amides is 1. The van der Waals surface area contributed by atoms with E-state index in [-0.39, 0.29) is 11.5 Å². The molecule has 0 aliphatic rings. The van der Waals surface area contributed by atoms with Crippen LogP contribution < -0.4 is 5.73 Å². The summed E-state index contributed by atoms with van der Waals surface area (Å²) in [4.78, 5) is 13.7. The molecule has 1 aromatic rings. The van der Waals surface area contributed by atoms with Crippen molar-refractivity contribution in [3.8, 4) is 0 Å². The molecule has 3 nitrogen and oxygen atoms in total. The second kappa shape index (κ2) is 6.03. The van der Waals surface area contributed by atoms with Gasteiger partial charge in [0.05, 0.1) is 5.56 Å². The summed E-state index contributed by atoms with van der Waals surface area (Å²) in [6, 6.07) is 3.81. The number of halogens is 1. The van der Waals surface area contributed by atoms with Crippen LogP contribution in [0.15, 0.2) is 30.9 Å². The maximum absolute atomic E-state index is 13.1. The first kappa shape index (κ1) is 13.2. The first-order chi connectivity index (χ1) is 8.10. The van der Waals surface area contributed by atoms with Gasteiger partial charge in [0.2, 0.25) is 0 Å². The molecule has 1 amide bonds. The van der Waals surface area contributed by atoms with Crippen molar-refractivity contribution in [1.29, 1.82) is 0 Å². The zero-order valence-corrected chi connectivity index (χ0v) is 9.95. The van der Waals surface area contributed by atoms with Gasteiger partial charge in [-0.15, -0.1) is 6.58 Å². The molecule has 1 rings (SSSR count). The van der Waals surface area contributed by atoms with E-state index >= 15 is 0 Å². The van der Waals surface area contributed by atoms with Crippen LogP contribution in [0.2, 0.25) is 0 Å². The van der Waals surface area contributed by atoms with Crippen LogP contribution in [0.25, 0.3) is 0 Å². The average Bonchev–Trinajstić information content (AvgIpc) is 2.31. The molecule has 0 aliphatic carbocycles. The summed E-state index contributed by atoms with van der Waals surface area (Å²) < 4.78 is 13.1. The van der Waals surface area contributed by atoms with Crippen LogP contribution in [0.5, 0.6) is 0 Å². The lowest BCUT2D eigenvalue weighted by molar-refractivity contribution is 0.0774. The smallest absolute Gasteiger partial charge is 0.256 e. The number of hydrogen-bond acceptors (Lipinski definition) is 2. The Bertz CT molecular complexity index is 418. The summed E-state index contributed by atoms with van der Waals surface area (Å²) in [7, 11) is 0. The highest BCUT2D eigenvalue weighted by Crippen LogP contribution is 2.16. The number of hydrogen-bond donors (Lipinski definition) is 1. The molecule has 0 unspecified atom stereocenters. The highest BCUT2D eigenvalue weighted by molar-refractivity contribution is 5.99. The first-order valence-electron chi connectivity index (χ1n) is 5.55. The maximum atomic E-state index is 13.1. The fourth-order valence-corrected chi connectivity index (χ4v) is 1.59. The highest BCUT2D eigenvalue weighted by atomic mass is 19.1. The molecule has 0 atom stereocenters. The summed E-state index contributed by atoms with van der Waals surface area (Å²) in [6.07, 6.45) is 2.47. The fourth-order valence-electron chi connectivity index (χ4n) is 1.59. The van der Waals surface area contributed by atoms with Gasteiger partial charge in [-0.2, -0.15) is 0 Å². The van der Waals surface area contributed by atoms with Crippen molar-refractivity contribution in [2.24, 2.45) is 0 Å². The zero-order chi connectivity index (χ0) is 12.8. The van der Waals surface area contributed by atoms with Crippen molar-refractivity contribution in [3.05, 3.63) is 42.2 Å². The minimum atomic E-state index is -0.461. The lowest BCUT2D eigenvalue weighted by atomic mass is 10.1. The number of nitrogen functional groups attached to an aromatic ring is 1. The standard InChI is InChI=1S/C13H17FN2O/c1-3-7-16(8-4-2)13(17)11-9-10(14)5-6-12(11)15/h3,5-6,9H,1,4,7-8,15H2,2H3. The summed E-state index contributed by atoms with van der Waals surface area (Å²) in [5.41, 5.74) is 6.18. The van der Waals surface area contributed by atoms with E-state index in [2.05, 4.69) is 6.58 Å². The summed E-state index contributed by atoms with van der Waals surface area (Å²) in [5.74, 6) is -0.721. The highest BCUT2D eigenvalue weighted by Gasteiger charge is 2.16. The normalized spacial score (nSPS) is 10.0. The second-order valence-electron chi connectivity index (χ2n) is 3.77. The molecule has 0 aromatic heterocycles. The van der Waals surface area contributed by atoms with Gasteiger partial charge in [0.15, 0.2) is 0 Å². The van der Waals surface area contributed by atoms with Crippen molar-refractivity contribution < 1.29 is 9.18 Å². The van der Waals surface area contributed by atoms with Gasteiger partial charge in [0.25, 0.3) is 5.91 Å². The Morgan fingerprint density at radius 3 is 2.88 bits per heavy atom. The third-order valence-corrected chi connectivity index (χ3v) is 2.38. The Balaban J connectivity index is 2.99. The zero-order valence-electron chi connectivity index (χ0n) is 9.95. The Kier molecular flexibility index (Phi) is 4.69. The van der Waals surface area contributed by atoms with Gasteiger partial charge < -0.3 is 10.6 Å². The van der Waals surface area contributed by atoms with Crippen LogP contribution in [0.4, 0.5) is 10.1 Å². The Labute approximate surface area is 101 Å². The number of carbonyl (C=O) groups is 1. The van der Waals surface area contributed by atoms with Gasteiger partial charge in [-0.05, 0) is 24.6 Å². The van der Waals surface area contributed by atoms with E-state index < -0.39 is 5.82 Å². The Morgan fingerprint density at radius 2 is 2.29 bits per heavy atom. The minimum absolute atomic E-state index is 0.209. The molecule has 1 aromatic carbocycles. The van der Waals surface area contributed by atoms with Gasteiger partial charge in [0.1, 0.15) is 5.82 Å². The van der Waals surface area contributed by atoms with Crippen LogP contribution in [-0.4, -0.2) is 23.9 Å². The molecule has 0 bridgehead atoms. The third-order valence-electron chi connectivity index (χ3n) is 2.38. The molecular formula is C13H17FN2O. The van der Waals surface area contributed by atoms with Gasteiger partial charge in [-0.3, -0.25) is 4.79 Å². The quantitative estimate of drug-likeness (QED) is 0.630. The van der Waals surface area contributed by atoms with E-state index in [9.17, 15) is 9.18 Å². The number of benzene rings is 1. The van der Waals surface area contributed by atoms with Crippen molar-refractivity contribution in [2.45, 2.75) is 13.3 Å². The first-order valence-corrected chi connectivity index (χ1v) is 5.55. The molecular weight excluding hydrogens is 219 g/mol. The van der Waals surface area contributed by atoms with E-state index in [1.807, 2.05) is 6.92 Å². The topological polar surface area (TPSA) is 46.3 Å². The van der Waals surface area contributed by atoms with Crippen molar-refractivity contribution in [3.63, 3.8) is 0 Å². The largest absolute Gasteiger partial charge is 0.398 e. The Morgan fingerprint density at radius 1 is 1.59 bits per heavy atom. The van der Waals surface area contributed by atoms with Gasteiger partial charge in [-0.25, -0.2) is 4.39 Å². The molecule has 0 spiro atoms. The van der Waals surface area contributed by atoms with E-state index in [0.29, 0.717) is 18.8 Å². The van der Waals surface area contributed by atoms with Crippen LogP contribution in [0, 0.1) is 5.82 Å². The molecule has 0 aliphatic heterocycles. The molecule has 2 N–H and O–H groups in total. The molecule has 17 heavy (non-hydrogen) atoms. The fraction of sp³-hybridized carbons (Fsp3) is 0.308. The molecule has 4 heteroatoms. The number of nitrogens with two attached hydrogens (primary N) is 1. The van der Waals surface area contributed by atoms with E-state index in [1.165, 1.54) is 18.2 Å². The predicted molar refractivity (Wildman–Crippen MR) is 67.2 cm³/mol. The lowest BCUT2D eigenvalue weighted by Crippen LogP contribution is -2.32. The lowest BCUT2D eigenvalue weighted by Gasteiger charge is -2.21. The molecule has 0 heterocycles.